The van der Waals surface area contributed by atoms with E-state index in [0.717, 1.165) is 37.3 Å². The normalized spacial score (nSPS) is 18.2. The highest BCUT2D eigenvalue weighted by Crippen LogP contribution is 2.18. The number of aliphatic hydroxyl groups is 1. The first kappa shape index (κ1) is 17.6. The van der Waals surface area contributed by atoms with Crippen molar-refractivity contribution in [1.82, 2.24) is 19.8 Å². The molecule has 1 amide bonds. The summed E-state index contributed by atoms with van der Waals surface area (Å²) in [7, 11) is 1.94. The Hall–Kier alpha value is -2.18. The summed E-state index contributed by atoms with van der Waals surface area (Å²) < 4.78 is 1.93. The zero-order valence-electron chi connectivity index (χ0n) is 14.7. The van der Waals surface area contributed by atoms with Crippen LogP contribution < -0.4 is 5.32 Å². The van der Waals surface area contributed by atoms with E-state index in [9.17, 15) is 9.90 Å². The van der Waals surface area contributed by atoms with Gasteiger partial charge in [0.05, 0.1) is 6.61 Å². The van der Waals surface area contributed by atoms with Crippen molar-refractivity contribution in [2.75, 3.05) is 26.2 Å². The first-order valence-corrected chi connectivity index (χ1v) is 8.90. The predicted octanol–water partition coefficient (Wildman–Crippen LogP) is 1.66. The largest absolute Gasteiger partial charge is 0.395 e. The molecule has 6 nitrogen and oxygen atoms in total. The Bertz CT molecular complexity index is 713. The van der Waals surface area contributed by atoms with Crippen LogP contribution in [0.3, 0.4) is 0 Å². The molecule has 6 heteroatoms. The van der Waals surface area contributed by atoms with E-state index in [-0.39, 0.29) is 18.6 Å². The maximum atomic E-state index is 12.4. The Balaban J connectivity index is 1.57. The molecule has 0 saturated carbocycles. The van der Waals surface area contributed by atoms with Gasteiger partial charge in [-0.1, -0.05) is 18.6 Å². The Morgan fingerprint density at radius 1 is 1.40 bits per heavy atom. The van der Waals surface area contributed by atoms with Crippen molar-refractivity contribution >= 4 is 5.91 Å². The molecule has 134 valence electrons. The van der Waals surface area contributed by atoms with Crippen molar-refractivity contribution in [3.8, 4) is 11.4 Å². The Morgan fingerprint density at radius 3 is 3.04 bits per heavy atom. The van der Waals surface area contributed by atoms with Gasteiger partial charge in [0, 0.05) is 49.7 Å². The van der Waals surface area contributed by atoms with Crippen molar-refractivity contribution in [2.45, 2.75) is 25.3 Å². The van der Waals surface area contributed by atoms with Gasteiger partial charge in [0.2, 0.25) is 0 Å². The quantitative estimate of drug-likeness (QED) is 0.838. The number of benzene rings is 1. The summed E-state index contributed by atoms with van der Waals surface area (Å²) in [6.45, 7) is 2.55. The number of nitrogens with zero attached hydrogens (tertiary/aromatic N) is 3. The zero-order valence-corrected chi connectivity index (χ0v) is 14.7. The number of carbonyl (C=O) groups is 1. The second-order valence-corrected chi connectivity index (χ2v) is 6.57. The number of aryl methyl sites for hydroxylation is 1. The lowest BCUT2D eigenvalue weighted by Gasteiger charge is -2.34. The van der Waals surface area contributed by atoms with Gasteiger partial charge in [0.25, 0.3) is 5.91 Å². The van der Waals surface area contributed by atoms with Gasteiger partial charge < -0.3 is 15.0 Å². The number of aliphatic hydroxyl groups excluding tert-OH is 1. The molecule has 1 aromatic heterocycles. The predicted molar refractivity (Wildman–Crippen MR) is 97.3 cm³/mol. The fraction of sp³-hybridized carbons (Fsp3) is 0.474. The van der Waals surface area contributed by atoms with Crippen molar-refractivity contribution in [2.24, 2.45) is 7.05 Å². The monoisotopic (exact) mass is 342 g/mol. The lowest BCUT2D eigenvalue weighted by molar-refractivity contribution is 0.0849. The van der Waals surface area contributed by atoms with E-state index >= 15 is 0 Å². The fourth-order valence-corrected chi connectivity index (χ4v) is 3.42. The van der Waals surface area contributed by atoms with E-state index in [4.69, 9.17) is 0 Å². The number of piperidine rings is 1. The maximum absolute atomic E-state index is 12.4. The van der Waals surface area contributed by atoms with Crippen LogP contribution in [-0.4, -0.2) is 57.7 Å². The van der Waals surface area contributed by atoms with E-state index in [2.05, 4.69) is 15.2 Å². The highest BCUT2D eigenvalue weighted by atomic mass is 16.3. The summed E-state index contributed by atoms with van der Waals surface area (Å²) in [5.41, 5.74) is 1.56. The Morgan fingerprint density at radius 2 is 2.28 bits per heavy atom. The molecule has 0 bridgehead atoms. The van der Waals surface area contributed by atoms with Crippen molar-refractivity contribution in [1.29, 1.82) is 0 Å². The molecule has 0 aliphatic carbocycles. The molecule has 0 spiro atoms. The highest BCUT2D eigenvalue weighted by molar-refractivity contribution is 5.95. The van der Waals surface area contributed by atoms with Crippen molar-refractivity contribution in [3.05, 3.63) is 42.2 Å². The van der Waals surface area contributed by atoms with E-state index in [1.807, 2.05) is 42.1 Å². The molecule has 25 heavy (non-hydrogen) atoms. The van der Waals surface area contributed by atoms with Gasteiger partial charge in [-0.15, -0.1) is 0 Å². The molecule has 0 unspecified atom stereocenters. The maximum Gasteiger partial charge on any atom is 0.251 e. The number of rotatable bonds is 6. The third-order valence-corrected chi connectivity index (χ3v) is 4.85. The number of aromatic nitrogens is 2. The number of likely N-dealkylation sites (tertiary alicyclic amines) is 1. The van der Waals surface area contributed by atoms with Gasteiger partial charge in [-0.25, -0.2) is 4.98 Å². The molecule has 1 aromatic carbocycles. The molecule has 1 aliphatic rings. The Labute approximate surface area is 148 Å². The first-order chi connectivity index (χ1) is 12.2. The molecule has 1 saturated heterocycles. The standard InChI is InChI=1S/C19H26N4O2/c1-22-11-8-20-18(22)15-5-4-6-16(13-15)19(25)21-9-12-23-10-3-2-7-17(23)14-24/h4-6,8,11,13,17,24H,2-3,7,9-10,12,14H2,1H3,(H,21,25)/t17-/m1/s1. The molecule has 1 aliphatic heterocycles. The smallest absolute Gasteiger partial charge is 0.251 e. The minimum absolute atomic E-state index is 0.0754. The van der Waals surface area contributed by atoms with Gasteiger partial charge in [0.15, 0.2) is 0 Å². The molecule has 2 heterocycles. The molecule has 2 aromatic rings. The summed E-state index contributed by atoms with van der Waals surface area (Å²) in [5.74, 6) is 0.766. The van der Waals surface area contributed by atoms with Crippen LogP contribution in [0.4, 0.5) is 0 Å². The van der Waals surface area contributed by atoms with Crippen LogP contribution >= 0.6 is 0 Å². The number of imidazole rings is 1. The number of hydrogen-bond donors (Lipinski definition) is 2. The summed E-state index contributed by atoms with van der Waals surface area (Å²) in [4.78, 5) is 19.0. The Kier molecular flexibility index (Phi) is 5.83. The third-order valence-electron chi connectivity index (χ3n) is 4.85. The van der Waals surface area contributed by atoms with Gasteiger partial charge in [0.1, 0.15) is 5.82 Å². The molecule has 2 N–H and O–H groups in total. The lowest BCUT2D eigenvalue weighted by atomic mass is 10.0. The molecule has 1 atom stereocenters. The second-order valence-electron chi connectivity index (χ2n) is 6.57. The average molecular weight is 342 g/mol. The number of carbonyl (C=O) groups excluding carboxylic acids is 1. The zero-order chi connectivity index (χ0) is 17.6. The first-order valence-electron chi connectivity index (χ1n) is 8.90. The number of amides is 1. The average Bonchev–Trinajstić information content (AvgIpc) is 3.08. The summed E-state index contributed by atoms with van der Waals surface area (Å²) in [6.07, 6.45) is 7.01. The molecule has 1 fully saturated rings. The molecule has 3 rings (SSSR count). The lowest BCUT2D eigenvalue weighted by Crippen LogP contribution is -2.45. The van der Waals surface area contributed by atoms with Crippen molar-refractivity contribution < 1.29 is 9.90 Å². The van der Waals surface area contributed by atoms with Crippen LogP contribution in [0, 0.1) is 0 Å². The minimum atomic E-state index is -0.0754. The van der Waals surface area contributed by atoms with Gasteiger partial charge in [-0.3, -0.25) is 9.69 Å². The topological polar surface area (TPSA) is 70.4 Å². The van der Waals surface area contributed by atoms with Gasteiger partial charge in [-0.2, -0.15) is 0 Å². The van der Waals surface area contributed by atoms with Gasteiger partial charge in [-0.05, 0) is 31.5 Å². The SMILES string of the molecule is Cn1ccnc1-c1cccc(C(=O)NCCN2CCCC[C@@H]2CO)c1. The highest BCUT2D eigenvalue weighted by Gasteiger charge is 2.21. The molecular weight excluding hydrogens is 316 g/mol. The van der Waals surface area contributed by atoms with E-state index in [1.165, 1.54) is 6.42 Å². The third kappa shape index (κ3) is 4.27. The minimum Gasteiger partial charge on any atom is -0.395 e. The van der Waals surface area contributed by atoms with Crippen LogP contribution in [-0.2, 0) is 7.05 Å². The van der Waals surface area contributed by atoms with Crippen LogP contribution in [0.2, 0.25) is 0 Å². The second kappa shape index (κ2) is 8.27. The van der Waals surface area contributed by atoms with Crippen LogP contribution in [0.5, 0.6) is 0 Å². The van der Waals surface area contributed by atoms with E-state index in [0.29, 0.717) is 12.1 Å². The molecule has 0 radical (unpaired) electrons. The van der Waals surface area contributed by atoms with Crippen LogP contribution in [0.1, 0.15) is 29.6 Å². The van der Waals surface area contributed by atoms with Crippen LogP contribution in [0.15, 0.2) is 36.7 Å². The number of hydrogen-bond acceptors (Lipinski definition) is 4. The van der Waals surface area contributed by atoms with E-state index < -0.39 is 0 Å². The van der Waals surface area contributed by atoms with Crippen LogP contribution in [0.25, 0.3) is 11.4 Å². The van der Waals surface area contributed by atoms with Crippen molar-refractivity contribution in [3.63, 3.8) is 0 Å². The summed E-state index contributed by atoms with van der Waals surface area (Å²) in [6, 6.07) is 7.76. The number of nitrogens with one attached hydrogen (secondary N) is 1. The van der Waals surface area contributed by atoms with E-state index in [1.54, 1.807) is 6.20 Å². The summed E-state index contributed by atoms with van der Waals surface area (Å²) >= 11 is 0. The molecular formula is C19H26N4O2. The summed E-state index contributed by atoms with van der Waals surface area (Å²) in [5, 5.41) is 12.4. The fourth-order valence-electron chi connectivity index (χ4n) is 3.42. The van der Waals surface area contributed by atoms with Gasteiger partial charge >= 0.3 is 0 Å².